The molecule has 3 N–H and O–H groups in total. The molecule has 16 heavy (non-hydrogen) atoms. The first kappa shape index (κ1) is 13.0. The van der Waals surface area contributed by atoms with Crippen molar-refractivity contribution in [1.82, 2.24) is 4.90 Å². The monoisotopic (exact) mass is 228 g/mol. The minimum absolute atomic E-state index is 0.210. The molecule has 1 amide bonds. The first-order valence-corrected chi connectivity index (χ1v) is 5.84. The van der Waals surface area contributed by atoms with E-state index >= 15 is 0 Å². The summed E-state index contributed by atoms with van der Waals surface area (Å²) in [6.45, 7) is 2.76. The van der Waals surface area contributed by atoms with Crippen molar-refractivity contribution in [2.75, 3.05) is 6.54 Å². The number of carboxylic acid groups (broad SMARTS) is 1. The summed E-state index contributed by atoms with van der Waals surface area (Å²) in [4.78, 5) is 24.2. The van der Waals surface area contributed by atoms with Crippen molar-refractivity contribution in [3.63, 3.8) is 0 Å². The maximum atomic E-state index is 11.9. The third kappa shape index (κ3) is 3.81. The van der Waals surface area contributed by atoms with Gasteiger partial charge in [0.1, 0.15) is 0 Å². The van der Waals surface area contributed by atoms with Crippen molar-refractivity contribution in [3.05, 3.63) is 0 Å². The van der Waals surface area contributed by atoms with E-state index in [4.69, 9.17) is 10.8 Å². The van der Waals surface area contributed by atoms with Crippen LogP contribution in [0.2, 0.25) is 0 Å². The van der Waals surface area contributed by atoms with E-state index in [9.17, 15) is 9.59 Å². The summed E-state index contributed by atoms with van der Waals surface area (Å²) in [7, 11) is 0. The number of amides is 1. The molecule has 0 spiro atoms. The Morgan fingerprint density at radius 3 is 2.56 bits per heavy atom. The highest BCUT2D eigenvalue weighted by atomic mass is 16.4. The lowest BCUT2D eigenvalue weighted by Gasteiger charge is -2.24. The van der Waals surface area contributed by atoms with Gasteiger partial charge in [0, 0.05) is 12.6 Å². The molecule has 1 aliphatic rings. The second-order valence-electron chi connectivity index (χ2n) is 4.32. The minimum Gasteiger partial charge on any atom is -0.481 e. The standard InChI is InChI=1S/C11H20N2O3/c1-2-3-6-13(8-4-5-8)11(16)9(12)7-10(14)15/h8-9H,2-7,12H2,1H3,(H,14,15). The van der Waals surface area contributed by atoms with E-state index < -0.39 is 12.0 Å². The largest absolute Gasteiger partial charge is 0.481 e. The molecule has 5 nitrogen and oxygen atoms in total. The maximum absolute atomic E-state index is 11.9. The number of hydrogen-bond donors (Lipinski definition) is 2. The molecule has 1 saturated carbocycles. The van der Waals surface area contributed by atoms with E-state index in [1.54, 1.807) is 4.90 Å². The van der Waals surface area contributed by atoms with Crippen molar-refractivity contribution in [3.8, 4) is 0 Å². The van der Waals surface area contributed by atoms with Crippen LogP contribution in [-0.4, -0.2) is 40.5 Å². The number of carboxylic acids is 1. The van der Waals surface area contributed by atoms with Crippen LogP contribution in [-0.2, 0) is 9.59 Å². The molecule has 5 heteroatoms. The fourth-order valence-electron chi connectivity index (χ4n) is 1.68. The van der Waals surface area contributed by atoms with E-state index in [0.717, 1.165) is 25.7 Å². The van der Waals surface area contributed by atoms with Crippen LogP contribution in [0, 0.1) is 0 Å². The Labute approximate surface area is 95.6 Å². The number of aliphatic carboxylic acids is 1. The van der Waals surface area contributed by atoms with Gasteiger partial charge in [-0.3, -0.25) is 9.59 Å². The third-order valence-corrected chi connectivity index (χ3v) is 2.74. The number of hydrogen-bond acceptors (Lipinski definition) is 3. The zero-order valence-corrected chi connectivity index (χ0v) is 9.69. The molecule has 0 bridgehead atoms. The molecule has 0 aromatic rings. The van der Waals surface area contributed by atoms with Gasteiger partial charge in [-0.2, -0.15) is 0 Å². The molecular formula is C11H20N2O3. The van der Waals surface area contributed by atoms with Crippen LogP contribution in [0.3, 0.4) is 0 Å². The second-order valence-corrected chi connectivity index (χ2v) is 4.32. The number of rotatable bonds is 7. The highest BCUT2D eigenvalue weighted by Gasteiger charge is 2.34. The molecule has 0 heterocycles. The molecule has 92 valence electrons. The Bertz CT molecular complexity index is 264. The molecule has 0 aliphatic heterocycles. The number of nitrogens with zero attached hydrogens (tertiary/aromatic N) is 1. The van der Waals surface area contributed by atoms with Gasteiger partial charge >= 0.3 is 5.97 Å². The first-order valence-electron chi connectivity index (χ1n) is 5.84. The summed E-state index contributed by atoms with van der Waals surface area (Å²) >= 11 is 0. The Kier molecular flexibility index (Phi) is 4.73. The van der Waals surface area contributed by atoms with E-state index in [-0.39, 0.29) is 12.3 Å². The van der Waals surface area contributed by atoms with Crippen molar-refractivity contribution >= 4 is 11.9 Å². The van der Waals surface area contributed by atoms with Gasteiger partial charge in [0.05, 0.1) is 12.5 Å². The molecule has 1 aliphatic carbocycles. The number of carbonyl (C=O) groups excluding carboxylic acids is 1. The maximum Gasteiger partial charge on any atom is 0.305 e. The number of carbonyl (C=O) groups is 2. The van der Waals surface area contributed by atoms with Crippen LogP contribution in [0.1, 0.15) is 39.0 Å². The first-order chi connectivity index (χ1) is 7.56. The summed E-state index contributed by atoms with van der Waals surface area (Å²) in [5.41, 5.74) is 5.58. The molecule has 1 unspecified atom stereocenters. The highest BCUT2D eigenvalue weighted by Crippen LogP contribution is 2.27. The van der Waals surface area contributed by atoms with Crippen molar-refractivity contribution in [2.45, 2.75) is 51.1 Å². The predicted octanol–water partition coefficient (Wildman–Crippen LogP) is 0.580. The average Bonchev–Trinajstić information content (AvgIpc) is 3.01. The number of nitrogens with two attached hydrogens (primary N) is 1. The van der Waals surface area contributed by atoms with E-state index in [2.05, 4.69) is 6.92 Å². The van der Waals surface area contributed by atoms with Crippen molar-refractivity contribution in [2.24, 2.45) is 5.73 Å². The van der Waals surface area contributed by atoms with Gasteiger partial charge in [0.15, 0.2) is 0 Å². The molecule has 1 atom stereocenters. The van der Waals surface area contributed by atoms with Crippen LogP contribution in [0.15, 0.2) is 0 Å². The second kappa shape index (κ2) is 5.84. The van der Waals surface area contributed by atoms with Crippen LogP contribution in [0.25, 0.3) is 0 Å². The van der Waals surface area contributed by atoms with Crippen LogP contribution >= 0.6 is 0 Å². The Balaban J connectivity index is 2.48. The van der Waals surface area contributed by atoms with E-state index in [0.29, 0.717) is 12.6 Å². The fraction of sp³-hybridized carbons (Fsp3) is 0.818. The molecular weight excluding hydrogens is 208 g/mol. The Morgan fingerprint density at radius 1 is 1.50 bits per heavy atom. The SMILES string of the molecule is CCCCN(C(=O)C(N)CC(=O)O)C1CC1. The van der Waals surface area contributed by atoms with Crippen molar-refractivity contribution < 1.29 is 14.7 Å². The normalized spacial score (nSPS) is 16.9. The Morgan fingerprint density at radius 2 is 2.12 bits per heavy atom. The van der Waals surface area contributed by atoms with Gasteiger partial charge < -0.3 is 15.7 Å². The van der Waals surface area contributed by atoms with E-state index in [1.807, 2.05) is 0 Å². The summed E-state index contributed by atoms with van der Waals surface area (Å²) < 4.78 is 0. The lowest BCUT2D eigenvalue weighted by atomic mass is 10.2. The quantitative estimate of drug-likeness (QED) is 0.667. The summed E-state index contributed by atoms with van der Waals surface area (Å²) in [6, 6.07) is -0.589. The molecule has 0 aromatic heterocycles. The smallest absolute Gasteiger partial charge is 0.305 e. The van der Waals surface area contributed by atoms with Gasteiger partial charge in [-0.25, -0.2) is 0 Å². The molecule has 1 rings (SSSR count). The van der Waals surface area contributed by atoms with Crippen LogP contribution < -0.4 is 5.73 Å². The topological polar surface area (TPSA) is 83.6 Å². The van der Waals surface area contributed by atoms with Crippen molar-refractivity contribution in [1.29, 1.82) is 0 Å². The lowest BCUT2D eigenvalue weighted by molar-refractivity contribution is -0.142. The summed E-state index contributed by atoms with van der Waals surface area (Å²) in [5.74, 6) is -1.23. The summed E-state index contributed by atoms with van der Waals surface area (Å²) in [6.07, 6.45) is 3.73. The number of unbranched alkanes of at least 4 members (excludes halogenated alkanes) is 1. The van der Waals surface area contributed by atoms with Gasteiger partial charge in [-0.1, -0.05) is 13.3 Å². The van der Waals surface area contributed by atoms with Gasteiger partial charge in [0.25, 0.3) is 0 Å². The molecule has 0 saturated heterocycles. The third-order valence-electron chi connectivity index (χ3n) is 2.74. The zero-order chi connectivity index (χ0) is 12.1. The highest BCUT2D eigenvalue weighted by molar-refractivity contribution is 5.86. The zero-order valence-electron chi connectivity index (χ0n) is 9.69. The predicted molar refractivity (Wildman–Crippen MR) is 59.9 cm³/mol. The minimum atomic E-state index is -1.02. The van der Waals surface area contributed by atoms with Gasteiger partial charge in [-0.15, -0.1) is 0 Å². The summed E-state index contributed by atoms with van der Waals surface area (Å²) in [5, 5.41) is 8.59. The molecule has 1 fully saturated rings. The van der Waals surface area contributed by atoms with Gasteiger partial charge in [0.2, 0.25) is 5.91 Å². The lowest BCUT2D eigenvalue weighted by Crippen LogP contribution is -2.46. The van der Waals surface area contributed by atoms with Crippen LogP contribution in [0.4, 0.5) is 0 Å². The fourth-order valence-corrected chi connectivity index (χ4v) is 1.68. The average molecular weight is 228 g/mol. The molecule has 0 aromatic carbocycles. The van der Waals surface area contributed by atoms with Gasteiger partial charge in [-0.05, 0) is 19.3 Å². The van der Waals surface area contributed by atoms with E-state index in [1.165, 1.54) is 0 Å². The molecule has 0 radical (unpaired) electrons. The van der Waals surface area contributed by atoms with Crippen LogP contribution in [0.5, 0.6) is 0 Å². The Hall–Kier alpha value is -1.10.